The minimum atomic E-state index is -0.139. The third kappa shape index (κ3) is 4.97. The van der Waals surface area contributed by atoms with Crippen molar-refractivity contribution in [1.29, 1.82) is 0 Å². The average Bonchev–Trinajstić information content (AvgIpc) is 3.09. The van der Waals surface area contributed by atoms with Gasteiger partial charge in [-0.2, -0.15) is 0 Å². The first-order chi connectivity index (χ1) is 11.5. The number of aryl methyl sites for hydroxylation is 1. The molecule has 0 unspecified atom stereocenters. The SMILES string of the molecule is COc1cc(Cl)c(C)cc1NC(=O)CCCNC(=O)c1cccs1. The Hall–Kier alpha value is -2.05. The molecule has 0 spiro atoms. The predicted molar refractivity (Wildman–Crippen MR) is 97.3 cm³/mol. The van der Waals surface area contributed by atoms with E-state index in [1.807, 2.05) is 18.4 Å². The zero-order valence-electron chi connectivity index (χ0n) is 13.5. The van der Waals surface area contributed by atoms with Crippen molar-refractivity contribution in [3.8, 4) is 5.75 Å². The van der Waals surface area contributed by atoms with E-state index in [2.05, 4.69) is 10.6 Å². The molecule has 0 radical (unpaired) electrons. The Morgan fingerprint density at radius 3 is 2.79 bits per heavy atom. The van der Waals surface area contributed by atoms with E-state index >= 15 is 0 Å². The van der Waals surface area contributed by atoms with Gasteiger partial charge in [-0.1, -0.05) is 17.7 Å². The number of benzene rings is 1. The average molecular weight is 367 g/mol. The van der Waals surface area contributed by atoms with E-state index < -0.39 is 0 Å². The molecule has 1 heterocycles. The number of nitrogens with one attached hydrogen (secondary N) is 2. The molecule has 0 atom stereocenters. The number of carbonyl (C=O) groups excluding carboxylic acids is 2. The summed E-state index contributed by atoms with van der Waals surface area (Å²) >= 11 is 7.43. The second-order valence-corrected chi connectivity index (χ2v) is 6.54. The number of anilines is 1. The Morgan fingerprint density at radius 2 is 2.12 bits per heavy atom. The van der Waals surface area contributed by atoms with Crippen LogP contribution in [-0.2, 0) is 4.79 Å². The minimum absolute atomic E-state index is 0.111. The smallest absolute Gasteiger partial charge is 0.261 e. The second-order valence-electron chi connectivity index (χ2n) is 5.19. The van der Waals surface area contributed by atoms with E-state index in [0.29, 0.717) is 40.7 Å². The molecule has 0 aliphatic carbocycles. The van der Waals surface area contributed by atoms with Gasteiger partial charge >= 0.3 is 0 Å². The third-order valence-electron chi connectivity index (χ3n) is 3.37. The van der Waals surface area contributed by atoms with E-state index in [1.54, 1.807) is 18.2 Å². The Morgan fingerprint density at radius 1 is 1.33 bits per heavy atom. The van der Waals surface area contributed by atoms with Gasteiger partial charge in [-0.3, -0.25) is 9.59 Å². The maximum absolute atomic E-state index is 12.0. The van der Waals surface area contributed by atoms with Crippen LogP contribution in [0.15, 0.2) is 29.6 Å². The van der Waals surface area contributed by atoms with Crippen molar-refractivity contribution in [3.63, 3.8) is 0 Å². The Bertz CT molecular complexity index is 717. The lowest BCUT2D eigenvalue weighted by Crippen LogP contribution is -2.24. The van der Waals surface area contributed by atoms with Gasteiger partial charge in [0.15, 0.2) is 0 Å². The van der Waals surface area contributed by atoms with Crippen LogP contribution in [0, 0.1) is 6.92 Å². The van der Waals surface area contributed by atoms with Crippen molar-refractivity contribution in [2.45, 2.75) is 19.8 Å². The molecule has 0 fully saturated rings. The summed E-state index contributed by atoms with van der Waals surface area (Å²) in [6.45, 7) is 2.30. The summed E-state index contributed by atoms with van der Waals surface area (Å²) in [7, 11) is 1.52. The molecular weight excluding hydrogens is 348 g/mol. The minimum Gasteiger partial charge on any atom is -0.495 e. The zero-order valence-corrected chi connectivity index (χ0v) is 15.1. The fraction of sp³-hybridized carbons (Fsp3) is 0.294. The molecule has 1 aromatic carbocycles. The van der Waals surface area contributed by atoms with Gasteiger partial charge in [0.05, 0.1) is 17.7 Å². The molecule has 128 valence electrons. The van der Waals surface area contributed by atoms with Crippen LogP contribution in [0.3, 0.4) is 0 Å². The van der Waals surface area contributed by atoms with E-state index in [1.165, 1.54) is 18.4 Å². The van der Waals surface area contributed by atoms with Crippen LogP contribution in [0.25, 0.3) is 0 Å². The molecule has 7 heteroatoms. The van der Waals surface area contributed by atoms with E-state index in [4.69, 9.17) is 16.3 Å². The summed E-state index contributed by atoms with van der Waals surface area (Å²) in [6.07, 6.45) is 0.855. The zero-order chi connectivity index (χ0) is 17.5. The fourth-order valence-corrected chi connectivity index (χ4v) is 2.88. The van der Waals surface area contributed by atoms with Crippen LogP contribution in [0.2, 0.25) is 5.02 Å². The molecule has 2 rings (SSSR count). The highest BCUT2D eigenvalue weighted by Gasteiger charge is 2.11. The van der Waals surface area contributed by atoms with Crippen molar-refractivity contribution < 1.29 is 14.3 Å². The Balaban J connectivity index is 1.79. The largest absolute Gasteiger partial charge is 0.495 e. The van der Waals surface area contributed by atoms with Crippen LogP contribution < -0.4 is 15.4 Å². The molecule has 0 aliphatic heterocycles. The van der Waals surface area contributed by atoms with E-state index in [9.17, 15) is 9.59 Å². The lowest BCUT2D eigenvalue weighted by molar-refractivity contribution is -0.116. The van der Waals surface area contributed by atoms with Crippen molar-refractivity contribution in [2.75, 3.05) is 19.0 Å². The Labute approximate surface area is 150 Å². The van der Waals surface area contributed by atoms with Crippen LogP contribution in [0.1, 0.15) is 28.1 Å². The second kappa shape index (κ2) is 8.70. The van der Waals surface area contributed by atoms with Gasteiger partial charge in [-0.15, -0.1) is 11.3 Å². The summed E-state index contributed by atoms with van der Waals surface area (Å²) in [5.41, 5.74) is 1.45. The first kappa shape index (κ1) is 18.3. The topological polar surface area (TPSA) is 67.4 Å². The molecule has 0 saturated carbocycles. The summed E-state index contributed by atoms with van der Waals surface area (Å²) in [4.78, 5) is 24.5. The maximum atomic E-state index is 12.0. The number of ether oxygens (including phenoxy) is 1. The van der Waals surface area contributed by atoms with Gasteiger partial charge in [0.2, 0.25) is 5.91 Å². The summed E-state index contributed by atoms with van der Waals surface area (Å²) in [5.74, 6) is 0.269. The van der Waals surface area contributed by atoms with Crippen molar-refractivity contribution >= 4 is 40.4 Å². The molecule has 5 nitrogen and oxygen atoms in total. The Kier molecular flexibility index (Phi) is 6.63. The van der Waals surface area contributed by atoms with Gasteiger partial charge in [0.1, 0.15) is 5.75 Å². The van der Waals surface area contributed by atoms with Gasteiger partial charge in [-0.05, 0) is 36.4 Å². The highest BCUT2D eigenvalue weighted by molar-refractivity contribution is 7.12. The summed E-state index contributed by atoms with van der Waals surface area (Å²) in [5, 5.41) is 8.04. The molecular formula is C17H19ClN2O3S. The molecule has 1 aromatic heterocycles. The summed E-state index contributed by atoms with van der Waals surface area (Å²) in [6, 6.07) is 7.04. The van der Waals surface area contributed by atoms with Gasteiger partial charge in [0.25, 0.3) is 5.91 Å². The molecule has 2 amide bonds. The third-order valence-corrected chi connectivity index (χ3v) is 4.64. The number of amides is 2. The predicted octanol–water partition coefficient (Wildman–Crippen LogP) is 3.87. The lowest BCUT2D eigenvalue weighted by atomic mass is 10.2. The first-order valence-corrected chi connectivity index (χ1v) is 8.72. The molecule has 2 N–H and O–H groups in total. The highest BCUT2D eigenvalue weighted by Crippen LogP contribution is 2.31. The number of methoxy groups -OCH3 is 1. The maximum Gasteiger partial charge on any atom is 0.261 e. The van der Waals surface area contributed by atoms with E-state index in [-0.39, 0.29) is 11.8 Å². The number of halogens is 1. The van der Waals surface area contributed by atoms with E-state index in [0.717, 1.165) is 5.56 Å². The van der Waals surface area contributed by atoms with Crippen molar-refractivity contribution in [1.82, 2.24) is 5.32 Å². The van der Waals surface area contributed by atoms with Gasteiger partial charge < -0.3 is 15.4 Å². The number of rotatable bonds is 7. The molecule has 2 aromatic rings. The molecule has 0 saturated heterocycles. The van der Waals surface area contributed by atoms with Gasteiger partial charge in [0, 0.05) is 24.1 Å². The van der Waals surface area contributed by atoms with Crippen LogP contribution in [-0.4, -0.2) is 25.5 Å². The lowest BCUT2D eigenvalue weighted by Gasteiger charge is -2.12. The van der Waals surface area contributed by atoms with Crippen LogP contribution in [0.5, 0.6) is 5.75 Å². The standard InChI is InChI=1S/C17H19ClN2O3S/c1-11-9-13(14(23-2)10-12(11)18)20-16(21)6-3-7-19-17(22)15-5-4-8-24-15/h4-5,8-10H,3,6-7H2,1-2H3,(H,19,22)(H,20,21). The fourth-order valence-electron chi connectivity index (χ4n) is 2.09. The van der Waals surface area contributed by atoms with Crippen molar-refractivity contribution in [3.05, 3.63) is 45.1 Å². The number of hydrogen-bond acceptors (Lipinski definition) is 4. The molecule has 0 aliphatic rings. The quantitative estimate of drug-likeness (QED) is 0.731. The van der Waals surface area contributed by atoms with Crippen LogP contribution >= 0.6 is 22.9 Å². The number of carbonyl (C=O) groups is 2. The summed E-state index contributed by atoms with van der Waals surface area (Å²) < 4.78 is 5.23. The van der Waals surface area contributed by atoms with Gasteiger partial charge in [-0.25, -0.2) is 0 Å². The first-order valence-electron chi connectivity index (χ1n) is 7.47. The monoisotopic (exact) mass is 366 g/mol. The molecule has 24 heavy (non-hydrogen) atoms. The number of thiophene rings is 1. The van der Waals surface area contributed by atoms with Crippen LogP contribution in [0.4, 0.5) is 5.69 Å². The number of hydrogen-bond donors (Lipinski definition) is 2. The molecule has 0 bridgehead atoms. The van der Waals surface area contributed by atoms with Crippen molar-refractivity contribution in [2.24, 2.45) is 0 Å². The highest BCUT2D eigenvalue weighted by atomic mass is 35.5. The normalized spacial score (nSPS) is 10.3.